The molecule has 1 unspecified atom stereocenters. The molecule has 5 rings (SSSR count). The maximum atomic E-state index is 12.9. The van der Waals surface area contributed by atoms with E-state index in [0.717, 1.165) is 28.9 Å². The minimum absolute atomic E-state index is 0.00565. The highest BCUT2D eigenvalue weighted by molar-refractivity contribution is 5.95. The number of aliphatic hydroxyl groups excluding tert-OH is 1. The van der Waals surface area contributed by atoms with E-state index in [2.05, 4.69) is 46.8 Å². The molecular formula is C30H31N5O3. The molecular weight excluding hydrogens is 478 g/mol. The second-order valence-corrected chi connectivity index (χ2v) is 9.65. The van der Waals surface area contributed by atoms with E-state index in [1.54, 1.807) is 15.6 Å². The quantitative estimate of drug-likeness (QED) is 0.355. The third-order valence-electron chi connectivity index (χ3n) is 6.91. The SMILES string of the molecule is Cc1cc(C(N)=O)nn1-c1ccc(Cc2ccc(-c3ccc(C(=O)N4CCNC(CO)C4)cc3)cc2)cc1. The summed E-state index contributed by atoms with van der Waals surface area (Å²) in [7, 11) is 0. The molecule has 0 radical (unpaired) electrons. The van der Waals surface area contributed by atoms with Gasteiger partial charge < -0.3 is 21.1 Å². The molecule has 0 spiro atoms. The first-order valence-electron chi connectivity index (χ1n) is 12.7. The Morgan fingerprint density at radius 3 is 2.16 bits per heavy atom. The fourth-order valence-corrected chi connectivity index (χ4v) is 4.78. The number of nitrogens with two attached hydrogens (primary N) is 1. The predicted octanol–water partition coefficient (Wildman–Crippen LogP) is 2.94. The zero-order valence-corrected chi connectivity index (χ0v) is 21.3. The van der Waals surface area contributed by atoms with Gasteiger partial charge in [-0.3, -0.25) is 9.59 Å². The largest absolute Gasteiger partial charge is 0.395 e. The van der Waals surface area contributed by atoms with Crippen LogP contribution < -0.4 is 11.1 Å². The lowest BCUT2D eigenvalue weighted by atomic mass is 9.99. The summed E-state index contributed by atoms with van der Waals surface area (Å²) in [6.45, 7) is 3.75. The Hall–Kier alpha value is -4.27. The van der Waals surface area contributed by atoms with Crippen molar-refractivity contribution in [1.29, 1.82) is 0 Å². The van der Waals surface area contributed by atoms with Crippen molar-refractivity contribution in [3.05, 3.63) is 107 Å². The predicted molar refractivity (Wildman–Crippen MR) is 146 cm³/mol. The fourth-order valence-electron chi connectivity index (χ4n) is 4.78. The number of nitrogens with one attached hydrogen (secondary N) is 1. The van der Waals surface area contributed by atoms with Gasteiger partial charge in [-0.1, -0.05) is 48.5 Å². The molecule has 4 aromatic rings. The van der Waals surface area contributed by atoms with Gasteiger partial charge in [-0.25, -0.2) is 4.68 Å². The van der Waals surface area contributed by atoms with E-state index in [0.29, 0.717) is 25.2 Å². The first-order valence-corrected chi connectivity index (χ1v) is 12.7. The van der Waals surface area contributed by atoms with Crippen molar-refractivity contribution in [2.45, 2.75) is 19.4 Å². The normalized spacial score (nSPS) is 15.4. The van der Waals surface area contributed by atoms with Crippen LogP contribution in [0.3, 0.4) is 0 Å². The molecule has 8 heteroatoms. The van der Waals surface area contributed by atoms with Crippen molar-refractivity contribution < 1.29 is 14.7 Å². The van der Waals surface area contributed by atoms with Gasteiger partial charge in [0, 0.05) is 36.9 Å². The standard InChI is InChI=1S/C30H31N5O3/c1-20-16-28(29(31)37)33-35(20)27-12-4-22(5-13-27)17-21-2-6-23(7-3-21)24-8-10-25(11-9-24)30(38)34-15-14-32-26(18-34)19-36/h2-13,16,26,32,36H,14-15,17-19H2,1H3,(H2,31,37). The molecule has 2 amide bonds. The van der Waals surface area contributed by atoms with Crippen molar-refractivity contribution in [3.8, 4) is 16.8 Å². The zero-order chi connectivity index (χ0) is 26.6. The van der Waals surface area contributed by atoms with Gasteiger partial charge in [-0.05, 0) is 65.9 Å². The molecule has 1 aromatic heterocycles. The number of carbonyl (C=O) groups excluding carboxylic acids is 2. The molecule has 1 saturated heterocycles. The van der Waals surface area contributed by atoms with Gasteiger partial charge >= 0.3 is 0 Å². The molecule has 38 heavy (non-hydrogen) atoms. The van der Waals surface area contributed by atoms with Crippen LogP contribution >= 0.6 is 0 Å². The second-order valence-electron chi connectivity index (χ2n) is 9.65. The molecule has 0 bridgehead atoms. The van der Waals surface area contributed by atoms with Gasteiger partial charge in [0.1, 0.15) is 0 Å². The van der Waals surface area contributed by atoms with Crippen LogP contribution in [0, 0.1) is 6.92 Å². The van der Waals surface area contributed by atoms with Crippen LogP contribution in [-0.2, 0) is 6.42 Å². The number of benzene rings is 3. The third-order valence-corrected chi connectivity index (χ3v) is 6.91. The number of nitrogens with zero attached hydrogens (tertiary/aromatic N) is 3. The summed E-state index contributed by atoms with van der Waals surface area (Å²) >= 11 is 0. The maximum absolute atomic E-state index is 12.9. The first kappa shape index (κ1) is 25.4. The number of hydrogen-bond donors (Lipinski definition) is 3. The van der Waals surface area contributed by atoms with Gasteiger partial charge in [0.25, 0.3) is 11.8 Å². The summed E-state index contributed by atoms with van der Waals surface area (Å²) in [6, 6.07) is 25.9. The van der Waals surface area contributed by atoms with Gasteiger partial charge in [-0.2, -0.15) is 5.10 Å². The summed E-state index contributed by atoms with van der Waals surface area (Å²) in [5.74, 6) is -0.544. The molecule has 0 aliphatic carbocycles. The van der Waals surface area contributed by atoms with Crippen LogP contribution in [0.4, 0.5) is 0 Å². The number of hydrogen-bond acceptors (Lipinski definition) is 5. The van der Waals surface area contributed by atoms with E-state index >= 15 is 0 Å². The number of primary amides is 1. The van der Waals surface area contributed by atoms with E-state index in [1.807, 2.05) is 43.3 Å². The fraction of sp³-hybridized carbons (Fsp3) is 0.233. The van der Waals surface area contributed by atoms with Crippen LogP contribution in [0.15, 0.2) is 78.9 Å². The van der Waals surface area contributed by atoms with Crippen molar-refractivity contribution in [3.63, 3.8) is 0 Å². The third kappa shape index (κ3) is 5.51. The van der Waals surface area contributed by atoms with Gasteiger partial charge in [0.2, 0.25) is 0 Å². The number of aromatic nitrogens is 2. The van der Waals surface area contributed by atoms with E-state index in [-0.39, 0.29) is 24.2 Å². The minimum Gasteiger partial charge on any atom is -0.395 e. The van der Waals surface area contributed by atoms with E-state index in [4.69, 9.17) is 5.73 Å². The molecule has 2 heterocycles. The Kier molecular flexibility index (Phi) is 7.35. The number of carbonyl (C=O) groups is 2. The van der Waals surface area contributed by atoms with Crippen molar-refractivity contribution in [1.82, 2.24) is 20.0 Å². The Bertz CT molecular complexity index is 1430. The van der Waals surface area contributed by atoms with E-state index < -0.39 is 5.91 Å². The van der Waals surface area contributed by atoms with Crippen LogP contribution in [-0.4, -0.2) is 63.9 Å². The van der Waals surface area contributed by atoms with Crippen molar-refractivity contribution in [2.24, 2.45) is 5.73 Å². The number of aryl methyl sites for hydroxylation is 1. The number of amides is 2. The summed E-state index contributed by atoms with van der Waals surface area (Å²) in [5.41, 5.74) is 12.5. The second kappa shape index (κ2) is 11.0. The summed E-state index contributed by atoms with van der Waals surface area (Å²) in [4.78, 5) is 26.1. The minimum atomic E-state index is -0.538. The van der Waals surface area contributed by atoms with Gasteiger partial charge in [0.15, 0.2) is 5.69 Å². The Balaban J connectivity index is 1.22. The summed E-state index contributed by atoms with van der Waals surface area (Å²) < 4.78 is 1.72. The molecule has 1 fully saturated rings. The average Bonchev–Trinajstić information content (AvgIpc) is 3.35. The number of piperazine rings is 1. The highest BCUT2D eigenvalue weighted by atomic mass is 16.3. The summed E-state index contributed by atoms with van der Waals surface area (Å²) in [6.07, 6.45) is 0.790. The van der Waals surface area contributed by atoms with Crippen LogP contribution in [0.5, 0.6) is 0 Å². The van der Waals surface area contributed by atoms with Crippen molar-refractivity contribution >= 4 is 11.8 Å². The highest BCUT2D eigenvalue weighted by Gasteiger charge is 2.23. The van der Waals surface area contributed by atoms with E-state index in [9.17, 15) is 14.7 Å². The number of rotatable bonds is 7. The Labute approximate surface area is 221 Å². The molecule has 1 aliphatic rings. The molecule has 1 aliphatic heterocycles. The Morgan fingerprint density at radius 1 is 0.974 bits per heavy atom. The van der Waals surface area contributed by atoms with Crippen molar-refractivity contribution in [2.75, 3.05) is 26.2 Å². The first-order chi connectivity index (χ1) is 18.4. The number of aliphatic hydroxyl groups is 1. The topological polar surface area (TPSA) is 113 Å². The maximum Gasteiger partial charge on any atom is 0.269 e. The monoisotopic (exact) mass is 509 g/mol. The van der Waals surface area contributed by atoms with Crippen LogP contribution in [0.2, 0.25) is 0 Å². The summed E-state index contributed by atoms with van der Waals surface area (Å²) in [5, 5.41) is 16.9. The molecule has 194 valence electrons. The van der Waals surface area contributed by atoms with E-state index in [1.165, 1.54) is 11.1 Å². The lowest BCUT2D eigenvalue weighted by Crippen LogP contribution is -2.54. The van der Waals surface area contributed by atoms with Crippen LogP contribution in [0.25, 0.3) is 16.8 Å². The lowest BCUT2D eigenvalue weighted by Gasteiger charge is -2.32. The molecule has 3 aromatic carbocycles. The van der Waals surface area contributed by atoms with Crippen LogP contribution in [0.1, 0.15) is 37.7 Å². The van der Waals surface area contributed by atoms with Gasteiger partial charge in [0.05, 0.1) is 12.3 Å². The Morgan fingerprint density at radius 2 is 1.58 bits per heavy atom. The molecule has 0 saturated carbocycles. The molecule has 4 N–H and O–H groups in total. The molecule has 1 atom stereocenters. The molecule has 8 nitrogen and oxygen atoms in total. The average molecular weight is 510 g/mol. The van der Waals surface area contributed by atoms with Gasteiger partial charge in [-0.15, -0.1) is 0 Å². The zero-order valence-electron chi connectivity index (χ0n) is 21.3. The highest BCUT2D eigenvalue weighted by Crippen LogP contribution is 2.23. The smallest absolute Gasteiger partial charge is 0.269 e. The lowest BCUT2D eigenvalue weighted by molar-refractivity contribution is 0.0671.